The van der Waals surface area contributed by atoms with Crippen molar-refractivity contribution in [3.8, 4) is 0 Å². The van der Waals surface area contributed by atoms with Gasteiger partial charge in [-0.15, -0.1) is 24.0 Å². The summed E-state index contributed by atoms with van der Waals surface area (Å²) in [6, 6.07) is 7.15. The third-order valence-electron chi connectivity index (χ3n) is 4.39. The van der Waals surface area contributed by atoms with E-state index in [1.807, 2.05) is 17.8 Å². The van der Waals surface area contributed by atoms with E-state index in [2.05, 4.69) is 40.6 Å². The number of thioether (sulfide) groups is 1. The first-order valence-corrected chi connectivity index (χ1v) is 9.69. The monoisotopic (exact) mass is 480 g/mol. The highest BCUT2D eigenvalue weighted by molar-refractivity contribution is 14.0. The Morgan fingerprint density at radius 1 is 1.44 bits per heavy atom. The molecule has 0 bridgehead atoms. The minimum atomic E-state index is -0.181. The summed E-state index contributed by atoms with van der Waals surface area (Å²) >= 11 is 1.84. The minimum Gasteiger partial charge on any atom is -0.369 e. The summed E-state index contributed by atoms with van der Waals surface area (Å²) in [7, 11) is 1.80. The van der Waals surface area contributed by atoms with Gasteiger partial charge in [-0.3, -0.25) is 4.99 Å². The van der Waals surface area contributed by atoms with Gasteiger partial charge in [0, 0.05) is 43.2 Å². The first-order valence-electron chi connectivity index (χ1n) is 8.46. The van der Waals surface area contributed by atoms with Crippen LogP contribution in [0.25, 0.3) is 0 Å². The van der Waals surface area contributed by atoms with Gasteiger partial charge in [0.15, 0.2) is 5.96 Å². The van der Waals surface area contributed by atoms with Crippen molar-refractivity contribution in [3.63, 3.8) is 0 Å². The van der Waals surface area contributed by atoms with Gasteiger partial charge in [0.1, 0.15) is 5.82 Å². The number of benzene rings is 1. The third kappa shape index (κ3) is 7.21. The first-order chi connectivity index (χ1) is 11.4. The number of halogens is 2. The molecule has 1 atom stereocenters. The number of aliphatic imine (C=N–C) groups is 1. The van der Waals surface area contributed by atoms with E-state index in [1.54, 1.807) is 19.2 Å². The molecule has 1 saturated heterocycles. The molecule has 1 aliphatic heterocycles. The summed E-state index contributed by atoms with van der Waals surface area (Å²) in [6.45, 7) is 7.10. The number of nitrogens with one attached hydrogen (secondary N) is 2. The van der Waals surface area contributed by atoms with Crippen LogP contribution >= 0.6 is 35.7 Å². The molecule has 1 unspecified atom stereocenters. The van der Waals surface area contributed by atoms with E-state index in [1.165, 1.54) is 6.07 Å². The molecule has 0 aromatic heterocycles. The molecule has 0 spiro atoms. The predicted octanol–water partition coefficient (Wildman–Crippen LogP) is 3.72. The van der Waals surface area contributed by atoms with Gasteiger partial charge in [-0.05, 0) is 51.1 Å². The van der Waals surface area contributed by atoms with Crippen LogP contribution in [0.2, 0.25) is 0 Å². The molecule has 0 saturated carbocycles. The molecule has 0 amide bonds. The zero-order valence-electron chi connectivity index (χ0n) is 15.5. The van der Waals surface area contributed by atoms with Gasteiger partial charge in [0.05, 0.1) is 0 Å². The normalized spacial score (nSPS) is 18.5. The summed E-state index contributed by atoms with van der Waals surface area (Å²) in [4.78, 5) is 6.58. The Bertz CT molecular complexity index is 568. The largest absolute Gasteiger partial charge is 0.369 e. The lowest BCUT2D eigenvalue weighted by Gasteiger charge is -2.35. The molecule has 1 aromatic carbocycles. The minimum absolute atomic E-state index is 0. The summed E-state index contributed by atoms with van der Waals surface area (Å²) in [5.41, 5.74) is 0.952. The topological polar surface area (TPSA) is 39.7 Å². The summed E-state index contributed by atoms with van der Waals surface area (Å²) in [5.74, 6) is 0.655. The fraction of sp³-hybridized carbons (Fsp3) is 0.611. The standard InChI is InChI=1S/C18H29FN4S.HI/c1-18(2,24-4)13-21-17(20-3)22-15-8-6-10-23(12-15)16-9-5-7-14(19)11-16;/h5,7,9,11,15H,6,8,10,12-13H2,1-4H3,(H2,20,21,22);1H. The average molecular weight is 480 g/mol. The quantitative estimate of drug-likeness (QED) is 0.383. The molecular weight excluding hydrogens is 450 g/mol. The van der Waals surface area contributed by atoms with Crippen molar-refractivity contribution in [1.82, 2.24) is 10.6 Å². The molecule has 1 aliphatic rings. The number of guanidine groups is 1. The van der Waals surface area contributed by atoms with Crippen LogP contribution in [0.4, 0.5) is 10.1 Å². The second kappa shape index (κ2) is 10.4. The van der Waals surface area contributed by atoms with Crippen LogP contribution < -0.4 is 15.5 Å². The molecule has 7 heteroatoms. The van der Waals surface area contributed by atoms with E-state index in [9.17, 15) is 4.39 Å². The van der Waals surface area contributed by atoms with Crippen LogP contribution in [0.5, 0.6) is 0 Å². The molecule has 1 fully saturated rings. The van der Waals surface area contributed by atoms with Gasteiger partial charge in [0.25, 0.3) is 0 Å². The van der Waals surface area contributed by atoms with Gasteiger partial charge in [-0.2, -0.15) is 11.8 Å². The number of anilines is 1. The average Bonchev–Trinajstić information content (AvgIpc) is 2.59. The summed E-state index contributed by atoms with van der Waals surface area (Å²) < 4.78 is 13.6. The van der Waals surface area contributed by atoms with Crippen LogP contribution in [0.15, 0.2) is 29.3 Å². The molecule has 2 N–H and O–H groups in total. The Balaban J connectivity index is 0.00000312. The van der Waals surface area contributed by atoms with Crippen molar-refractivity contribution in [2.24, 2.45) is 4.99 Å². The number of hydrogen-bond acceptors (Lipinski definition) is 3. The van der Waals surface area contributed by atoms with E-state index in [4.69, 9.17) is 0 Å². The Morgan fingerprint density at radius 3 is 2.84 bits per heavy atom. The van der Waals surface area contributed by atoms with Crippen LogP contribution in [0.3, 0.4) is 0 Å². The second-order valence-electron chi connectivity index (χ2n) is 6.80. The highest BCUT2D eigenvalue weighted by Crippen LogP contribution is 2.21. The van der Waals surface area contributed by atoms with Gasteiger partial charge in [0.2, 0.25) is 0 Å². The molecule has 1 heterocycles. The van der Waals surface area contributed by atoms with Gasteiger partial charge in [-0.1, -0.05) is 6.07 Å². The van der Waals surface area contributed by atoms with E-state index >= 15 is 0 Å². The lowest BCUT2D eigenvalue weighted by atomic mass is 10.0. The molecule has 1 aromatic rings. The highest BCUT2D eigenvalue weighted by Gasteiger charge is 2.22. The SMILES string of the molecule is CN=C(NCC(C)(C)SC)NC1CCCN(c2cccc(F)c2)C1.I. The fourth-order valence-corrected chi connectivity index (χ4v) is 2.98. The van der Waals surface area contributed by atoms with Gasteiger partial charge in [-0.25, -0.2) is 4.39 Å². The maximum absolute atomic E-state index is 13.5. The second-order valence-corrected chi connectivity index (χ2v) is 8.31. The molecule has 142 valence electrons. The lowest BCUT2D eigenvalue weighted by molar-refractivity contribution is 0.466. The van der Waals surface area contributed by atoms with E-state index < -0.39 is 0 Å². The number of nitrogens with zero attached hydrogens (tertiary/aromatic N) is 2. The first kappa shape index (κ1) is 22.3. The van der Waals surface area contributed by atoms with Crippen LogP contribution in [0.1, 0.15) is 26.7 Å². The molecule has 2 rings (SSSR count). The van der Waals surface area contributed by atoms with Crippen molar-refractivity contribution in [1.29, 1.82) is 0 Å². The molecule has 4 nitrogen and oxygen atoms in total. The van der Waals surface area contributed by atoms with Crippen LogP contribution in [-0.4, -0.2) is 49.7 Å². The molecule has 0 aliphatic carbocycles. The maximum Gasteiger partial charge on any atom is 0.191 e. The van der Waals surface area contributed by atoms with Crippen molar-refractivity contribution >= 4 is 47.4 Å². The van der Waals surface area contributed by atoms with Crippen LogP contribution in [-0.2, 0) is 0 Å². The predicted molar refractivity (Wildman–Crippen MR) is 119 cm³/mol. The van der Waals surface area contributed by atoms with Gasteiger partial charge >= 0.3 is 0 Å². The lowest BCUT2D eigenvalue weighted by Crippen LogP contribution is -2.52. The van der Waals surface area contributed by atoms with Gasteiger partial charge < -0.3 is 15.5 Å². The summed E-state index contributed by atoms with van der Waals surface area (Å²) in [6.07, 6.45) is 4.30. The van der Waals surface area contributed by atoms with Crippen molar-refractivity contribution < 1.29 is 4.39 Å². The van der Waals surface area contributed by atoms with E-state index in [-0.39, 0.29) is 34.5 Å². The summed E-state index contributed by atoms with van der Waals surface area (Å²) in [5, 5.41) is 6.92. The van der Waals surface area contributed by atoms with Crippen molar-refractivity contribution in [2.45, 2.75) is 37.5 Å². The van der Waals surface area contributed by atoms with E-state index in [0.717, 1.165) is 44.1 Å². The zero-order chi connectivity index (χ0) is 17.6. The van der Waals surface area contributed by atoms with Crippen molar-refractivity contribution in [3.05, 3.63) is 30.1 Å². The molecule has 25 heavy (non-hydrogen) atoms. The fourth-order valence-electron chi connectivity index (χ4n) is 2.76. The maximum atomic E-state index is 13.5. The van der Waals surface area contributed by atoms with Crippen LogP contribution in [0, 0.1) is 5.82 Å². The molecule has 0 radical (unpaired) electrons. The number of hydrogen-bond donors (Lipinski definition) is 2. The number of piperidine rings is 1. The Hall–Kier alpha value is -0.700. The third-order valence-corrected chi connectivity index (χ3v) is 5.64. The van der Waals surface area contributed by atoms with Crippen molar-refractivity contribution in [2.75, 3.05) is 37.8 Å². The smallest absolute Gasteiger partial charge is 0.191 e. The highest BCUT2D eigenvalue weighted by atomic mass is 127. The Kier molecular flexibility index (Phi) is 9.34. The number of rotatable bonds is 5. The Morgan fingerprint density at radius 2 is 2.20 bits per heavy atom. The zero-order valence-corrected chi connectivity index (χ0v) is 18.7. The molecular formula is C18H30FIN4S. The Labute approximate surface area is 172 Å². The van der Waals surface area contributed by atoms with E-state index in [0.29, 0.717) is 6.04 Å².